The summed E-state index contributed by atoms with van der Waals surface area (Å²) in [4.78, 5) is 0. The molecule has 0 saturated heterocycles. The van der Waals surface area contributed by atoms with Crippen molar-refractivity contribution in [3.8, 4) is 5.75 Å². The summed E-state index contributed by atoms with van der Waals surface area (Å²) < 4.78 is 5.44. The summed E-state index contributed by atoms with van der Waals surface area (Å²) in [5.74, 6) is 0.977. The van der Waals surface area contributed by atoms with Crippen LogP contribution in [0.25, 0.3) is 0 Å². The molecule has 0 spiro atoms. The SMILES string of the molecule is COc1cc(C)c(C)cc1CCNC(C)(C)CN. The molecule has 0 aliphatic heterocycles. The summed E-state index contributed by atoms with van der Waals surface area (Å²) in [5, 5.41) is 3.46. The lowest BCUT2D eigenvalue weighted by molar-refractivity contribution is 0.392. The molecule has 1 rings (SSSR count). The molecule has 0 aliphatic carbocycles. The van der Waals surface area contributed by atoms with E-state index in [4.69, 9.17) is 10.5 Å². The lowest BCUT2D eigenvalue weighted by Crippen LogP contribution is -2.46. The summed E-state index contributed by atoms with van der Waals surface area (Å²) in [6.45, 7) is 10.0. The van der Waals surface area contributed by atoms with E-state index < -0.39 is 0 Å². The van der Waals surface area contributed by atoms with Crippen LogP contribution in [0.3, 0.4) is 0 Å². The third-order valence-corrected chi connectivity index (χ3v) is 3.40. The van der Waals surface area contributed by atoms with Gasteiger partial charge in [-0.2, -0.15) is 0 Å². The highest BCUT2D eigenvalue weighted by molar-refractivity contribution is 5.41. The zero-order chi connectivity index (χ0) is 13.8. The molecule has 3 heteroatoms. The van der Waals surface area contributed by atoms with Gasteiger partial charge in [-0.3, -0.25) is 0 Å². The molecule has 0 radical (unpaired) electrons. The third-order valence-electron chi connectivity index (χ3n) is 3.40. The molecular formula is C15H26N2O. The molecule has 0 aliphatic rings. The van der Waals surface area contributed by atoms with Gasteiger partial charge in [0.25, 0.3) is 0 Å². The van der Waals surface area contributed by atoms with Crippen molar-refractivity contribution in [1.82, 2.24) is 5.32 Å². The zero-order valence-electron chi connectivity index (χ0n) is 12.3. The highest BCUT2D eigenvalue weighted by Gasteiger charge is 2.14. The van der Waals surface area contributed by atoms with Crippen molar-refractivity contribution in [2.75, 3.05) is 20.2 Å². The minimum Gasteiger partial charge on any atom is -0.496 e. The van der Waals surface area contributed by atoms with E-state index in [0.29, 0.717) is 6.54 Å². The van der Waals surface area contributed by atoms with Gasteiger partial charge >= 0.3 is 0 Å². The van der Waals surface area contributed by atoms with Crippen LogP contribution in [0, 0.1) is 13.8 Å². The number of nitrogens with two attached hydrogens (primary N) is 1. The van der Waals surface area contributed by atoms with E-state index in [-0.39, 0.29) is 5.54 Å². The molecule has 0 heterocycles. The summed E-state index contributed by atoms with van der Waals surface area (Å²) in [5.41, 5.74) is 9.52. The molecular weight excluding hydrogens is 224 g/mol. The molecule has 0 amide bonds. The molecule has 0 aromatic heterocycles. The van der Waals surface area contributed by atoms with E-state index in [9.17, 15) is 0 Å². The van der Waals surface area contributed by atoms with Crippen LogP contribution in [0.4, 0.5) is 0 Å². The summed E-state index contributed by atoms with van der Waals surface area (Å²) >= 11 is 0. The average Bonchev–Trinajstić information content (AvgIpc) is 2.33. The number of hydrogen-bond acceptors (Lipinski definition) is 3. The molecule has 0 unspecified atom stereocenters. The van der Waals surface area contributed by atoms with Crippen LogP contribution in [-0.4, -0.2) is 25.7 Å². The fraction of sp³-hybridized carbons (Fsp3) is 0.600. The molecule has 1 aromatic rings. The van der Waals surface area contributed by atoms with E-state index in [1.165, 1.54) is 16.7 Å². The Kier molecular flexibility index (Phi) is 5.17. The van der Waals surface area contributed by atoms with Gasteiger partial charge in [0.1, 0.15) is 5.75 Å². The van der Waals surface area contributed by atoms with Crippen LogP contribution in [0.5, 0.6) is 5.75 Å². The van der Waals surface area contributed by atoms with Crippen molar-refractivity contribution < 1.29 is 4.74 Å². The lowest BCUT2D eigenvalue weighted by atomic mass is 10.0. The third kappa shape index (κ3) is 4.00. The zero-order valence-corrected chi connectivity index (χ0v) is 12.3. The van der Waals surface area contributed by atoms with Crippen LogP contribution in [0.2, 0.25) is 0 Å². The Morgan fingerprint density at radius 1 is 1.22 bits per heavy atom. The van der Waals surface area contributed by atoms with E-state index >= 15 is 0 Å². The van der Waals surface area contributed by atoms with E-state index in [0.717, 1.165) is 18.7 Å². The normalized spacial score (nSPS) is 11.7. The van der Waals surface area contributed by atoms with Crippen LogP contribution >= 0.6 is 0 Å². The first-order valence-corrected chi connectivity index (χ1v) is 6.49. The van der Waals surface area contributed by atoms with E-state index in [2.05, 4.69) is 45.1 Å². The second-order valence-corrected chi connectivity index (χ2v) is 5.51. The van der Waals surface area contributed by atoms with Crippen molar-refractivity contribution >= 4 is 0 Å². The van der Waals surface area contributed by atoms with Crippen LogP contribution in [-0.2, 0) is 6.42 Å². The van der Waals surface area contributed by atoms with Crippen molar-refractivity contribution in [3.05, 3.63) is 28.8 Å². The van der Waals surface area contributed by atoms with Crippen molar-refractivity contribution in [2.24, 2.45) is 5.73 Å². The fourth-order valence-electron chi connectivity index (χ4n) is 1.84. The summed E-state index contributed by atoms with van der Waals surface area (Å²) in [6, 6.07) is 4.32. The maximum Gasteiger partial charge on any atom is 0.122 e. The Labute approximate surface area is 111 Å². The highest BCUT2D eigenvalue weighted by Crippen LogP contribution is 2.23. The molecule has 3 nitrogen and oxygen atoms in total. The van der Waals surface area contributed by atoms with Gasteiger partial charge in [-0.25, -0.2) is 0 Å². The molecule has 0 saturated carbocycles. The standard InChI is InChI=1S/C15H26N2O/c1-11-8-13(14(18-5)9-12(11)2)6-7-17-15(3,4)10-16/h8-9,17H,6-7,10,16H2,1-5H3. The molecule has 1 aromatic carbocycles. The number of aryl methyl sites for hydroxylation is 2. The number of methoxy groups -OCH3 is 1. The Bertz CT molecular complexity index is 400. The maximum atomic E-state index is 5.70. The summed E-state index contributed by atoms with van der Waals surface area (Å²) in [6.07, 6.45) is 0.952. The van der Waals surface area contributed by atoms with Gasteiger partial charge in [0.15, 0.2) is 0 Å². The largest absolute Gasteiger partial charge is 0.496 e. The Morgan fingerprint density at radius 3 is 2.39 bits per heavy atom. The van der Waals surface area contributed by atoms with E-state index in [1.807, 2.05) is 0 Å². The number of nitrogens with one attached hydrogen (secondary N) is 1. The van der Waals surface area contributed by atoms with Crippen LogP contribution in [0.1, 0.15) is 30.5 Å². The minimum atomic E-state index is -0.00697. The van der Waals surface area contributed by atoms with Gasteiger partial charge in [-0.1, -0.05) is 6.07 Å². The lowest BCUT2D eigenvalue weighted by Gasteiger charge is -2.24. The molecule has 102 valence electrons. The number of benzene rings is 1. The minimum absolute atomic E-state index is 0.00697. The monoisotopic (exact) mass is 250 g/mol. The second kappa shape index (κ2) is 6.21. The van der Waals surface area contributed by atoms with Gasteiger partial charge < -0.3 is 15.8 Å². The molecule has 0 bridgehead atoms. The van der Waals surface area contributed by atoms with Crippen molar-refractivity contribution in [2.45, 2.75) is 39.7 Å². The quantitative estimate of drug-likeness (QED) is 0.813. The first kappa shape index (κ1) is 15.0. The van der Waals surface area contributed by atoms with E-state index in [1.54, 1.807) is 7.11 Å². The maximum absolute atomic E-state index is 5.70. The predicted octanol–water partition coefficient (Wildman–Crippen LogP) is 2.18. The van der Waals surface area contributed by atoms with Gasteiger partial charge in [0.2, 0.25) is 0 Å². The number of hydrogen-bond donors (Lipinski definition) is 2. The Hall–Kier alpha value is -1.06. The highest BCUT2D eigenvalue weighted by atomic mass is 16.5. The van der Waals surface area contributed by atoms with Crippen LogP contribution < -0.4 is 15.8 Å². The first-order valence-electron chi connectivity index (χ1n) is 6.49. The summed E-state index contributed by atoms with van der Waals surface area (Å²) in [7, 11) is 1.73. The molecule has 3 N–H and O–H groups in total. The molecule has 18 heavy (non-hydrogen) atoms. The van der Waals surface area contributed by atoms with Crippen LogP contribution in [0.15, 0.2) is 12.1 Å². The fourth-order valence-corrected chi connectivity index (χ4v) is 1.84. The Balaban J connectivity index is 2.70. The number of rotatable bonds is 6. The van der Waals surface area contributed by atoms with Gasteiger partial charge in [0, 0.05) is 12.1 Å². The number of ether oxygens (including phenoxy) is 1. The van der Waals surface area contributed by atoms with Gasteiger partial charge in [-0.05, 0) is 63.4 Å². The van der Waals surface area contributed by atoms with Crippen molar-refractivity contribution in [1.29, 1.82) is 0 Å². The Morgan fingerprint density at radius 2 is 1.83 bits per heavy atom. The van der Waals surface area contributed by atoms with Crippen molar-refractivity contribution in [3.63, 3.8) is 0 Å². The predicted molar refractivity (Wildman–Crippen MR) is 77.3 cm³/mol. The second-order valence-electron chi connectivity index (χ2n) is 5.51. The smallest absolute Gasteiger partial charge is 0.122 e. The average molecular weight is 250 g/mol. The van der Waals surface area contributed by atoms with Gasteiger partial charge in [-0.15, -0.1) is 0 Å². The topological polar surface area (TPSA) is 47.3 Å². The van der Waals surface area contributed by atoms with Gasteiger partial charge in [0.05, 0.1) is 7.11 Å². The first-order chi connectivity index (χ1) is 8.39. The molecule has 0 atom stereocenters. The molecule has 0 fully saturated rings.